The minimum Gasteiger partial charge on any atom is -0.490 e. The molecule has 0 aromatic heterocycles. The van der Waals surface area contributed by atoms with Gasteiger partial charge in [-0.15, -0.1) is 0 Å². The molecule has 2 heterocycles. The van der Waals surface area contributed by atoms with Gasteiger partial charge in [-0.2, -0.15) is 15.1 Å². The van der Waals surface area contributed by atoms with Crippen LogP contribution < -0.4 is 14.2 Å². The van der Waals surface area contributed by atoms with Gasteiger partial charge in [-0.25, -0.2) is 0 Å². The fraction of sp³-hybridized carbons (Fsp3) is 0.226. The van der Waals surface area contributed by atoms with E-state index in [4.69, 9.17) is 31.2 Å². The van der Waals surface area contributed by atoms with Crippen molar-refractivity contribution < 1.29 is 19.0 Å². The van der Waals surface area contributed by atoms with Crippen LogP contribution in [0.25, 0.3) is 6.08 Å². The van der Waals surface area contributed by atoms with Crippen molar-refractivity contribution in [3.05, 3.63) is 91.9 Å². The van der Waals surface area contributed by atoms with E-state index in [1.807, 2.05) is 44.2 Å². The number of carbonyl (C=O) groups excluding carboxylic acids is 1. The zero-order chi connectivity index (χ0) is 29.8. The van der Waals surface area contributed by atoms with Gasteiger partial charge in [0.05, 0.1) is 21.7 Å². The normalized spacial score (nSPS) is 15.5. The minimum atomic E-state index is -0.525. The monoisotopic (exact) mass is 666 g/mol. The van der Waals surface area contributed by atoms with Crippen LogP contribution in [0.1, 0.15) is 36.1 Å². The van der Waals surface area contributed by atoms with Gasteiger partial charge in [-0.3, -0.25) is 10.2 Å². The van der Waals surface area contributed by atoms with Gasteiger partial charge in [0.25, 0.3) is 5.91 Å². The van der Waals surface area contributed by atoms with Crippen LogP contribution in [0.5, 0.6) is 17.2 Å². The first-order chi connectivity index (χ1) is 20.3. The van der Waals surface area contributed by atoms with Gasteiger partial charge in [0.1, 0.15) is 24.0 Å². The van der Waals surface area contributed by atoms with Gasteiger partial charge in [-0.1, -0.05) is 42.8 Å². The van der Waals surface area contributed by atoms with E-state index in [9.17, 15) is 4.79 Å². The van der Waals surface area contributed by atoms with Gasteiger partial charge in [0.2, 0.25) is 5.17 Å². The second-order valence-corrected chi connectivity index (χ2v) is 11.6. The Balaban J connectivity index is 1.33. The SMILES string of the molecule is CCOc1cc(/C=C2/C(=N)N3N=C(c4ccccc4Cl)SC3=NC2=O)cc(Br)c1OCCOc1cc(C)cc(CC)c1. The molecule has 8 nitrogen and oxygen atoms in total. The number of rotatable bonds is 10. The van der Waals surface area contributed by atoms with E-state index in [0.29, 0.717) is 62.2 Å². The van der Waals surface area contributed by atoms with Gasteiger partial charge in [-0.05, 0) is 101 Å². The van der Waals surface area contributed by atoms with Crippen molar-refractivity contribution in [3.8, 4) is 17.2 Å². The molecule has 5 rings (SSSR count). The Labute approximate surface area is 262 Å². The number of hydrogen-bond donors (Lipinski definition) is 1. The van der Waals surface area contributed by atoms with Crippen molar-refractivity contribution in [1.82, 2.24) is 5.01 Å². The molecule has 216 valence electrons. The Hall–Kier alpha value is -3.60. The second-order valence-electron chi connectivity index (χ2n) is 9.37. The molecule has 3 aromatic rings. The van der Waals surface area contributed by atoms with E-state index < -0.39 is 5.91 Å². The topological polar surface area (TPSA) is 96.6 Å². The van der Waals surface area contributed by atoms with E-state index in [0.717, 1.165) is 17.7 Å². The number of aryl methyl sites for hydroxylation is 2. The molecule has 0 saturated heterocycles. The molecule has 2 aliphatic rings. The Morgan fingerprint density at radius 3 is 2.62 bits per heavy atom. The summed E-state index contributed by atoms with van der Waals surface area (Å²) in [5.41, 5.74) is 3.82. The lowest BCUT2D eigenvalue weighted by Gasteiger charge is -2.20. The molecular weight excluding hydrogens is 640 g/mol. The molecule has 0 aliphatic carbocycles. The number of halogens is 2. The number of hydrazone groups is 1. The standard InChI is InChI=1S/C31H28BrClN4O4S/c1-4-19-12-18(3)13-21(14-19)40-10-11-41-27-24(32)16-20(17-26(27)39-5-2)15-23-28(34)37-31(35-29(23)38)42-30(36-37)22-8-6-7-9-25(22)33/h6-9,12-17,34H,4-5,10-11H2,1-3H3/b23-15-,34-28?. The number of benzene rings is 3. The van der Waals surface area contributed by atoms with E-state index in [2.05, 4.69) is 39.0 Å². The predicted octanol–water partition coefficient (Wildman–Crippen LogP) is 7.50. The van der Waals surface area contributed by atoms with Crippen LogP contribution in [0.3, 0.4) is 0 Å². The number of fused-ring (bicyclic) bond motifs is 1. The lowest BCUT2D eigenvalue weighted by Crippen LogP contribution is -2.35. The number of hydrogen-bond acceptors (Lipinski definition) is 7. The summed E-state index contributed by atoms with van der Waals surface area (Å²) in [5, 5.41) is 16.0. The molecule has 3 aromatic carbocycles. The van der Waals surface area contributed by atoms with E-state index in [-0.39, 0.29) is 11.4 Å². The highest BCUT2D eigenvalue weighted by atomic mass is 79.9. The van der Waals surface area contributed by atoms with Crippen molar-refractivity contribution in [3.63, 3.8) is 0 Å². The number of aliphatic imine (C=N–C) groups is 1. The number of thioether (sulfide) groups is 1. The first kappa shape index (κ1) is 29.9. The van der Waals surface area contributed by atoms with Crippen LogP contribution in [0.4, 0.5) is 0 Å². The third-order valence-corrected chi connectivity index (χ3v) is 8.18. The first-order valence-electron chi connectivity index (χ1n) is 13.3. The molecule has 42 heavy (non-hydrogen) atoms. The third-order valence-electron chi connectivity index (χ3n) is 6.32. The molecule has 0 spiro atoms. The highest BCUT2D eigenvalue weighted by Gasteiger charge is 2.36. The largest absolute Gasteiger partial charge is 0.490 e. The highest BCUT2D eigenvalue weighted by molar-refractivity contribution is 9.10. The molecular formula is C31H28BrClN4O4S. The summed E-state index contributed by atoms with van der Waals surface area (Å²) in [7, 11) is 0. The lowest BCUT2D eigenvalue weighted by atomic mass is 10.1. The van der Waals surface area contributed by atoms with Gasteiger partial charge >= 0.3 is 0 Å². The zero-order valence-electron chi connectivity index (χ0n) is 23.2. The maximum atomic E-state index is 13.0. The van der Waals surface area contributed by atoms with Crippen molar-refractivity contribution in [2.24, 2.45) is 10.1 Å². The molecule has 0 bridgehead atoms. The summed E-state index contributed by atoms with van der Waals surface area (Å²) in [6.07, 6.45) is 2.54. The average Bonchev–Trinajstić information content (AvgIpc) is 3.38. The summed E-state index contributed by atoms with van der Waals surface area (Å²) in [6.45, 7) is 7.11. The number of amidine groups is 2. The molecule has 0 radical (unpaired) electrons. The second kappa shape index (κ2) is 13.1. The number of ether oxygens (including phenoxy) is 3. The number of nitrogens with zero attached hydrogens (tertiary/aromatic N) is 3. The quantitative estimate of drug-likeness (QED) is 0.178. The van der Waals surface area contributed by atoms with Crippen LogP contribution in [0, 0.1) is 12.3 Å². The molecule has 1 N–H and O–H groups in total. The van der Waals surface area contributed by atoms with Crippen molar-refractivity contribution in [2.75, 3.05) is 19.8 Å². The van der Waals surface area contributed by atoms with E-state index in [1.165, 1.54) is 22.3 Å². The maximum absolute atomic E-state index is 13.0. The summed E-state index contributed by atoms with van der Waals surface area (Å²) in [5.74, 6) is 1.23. The Bertz CT molecular complexity index is 1660. The molecule has 0 saturated carbocycles. The Kier molecular flexibility index (Phi) is 9.35. The first-order valence-corrected chi connectivity index (χ1v) is 15.3. The molecule has 2 aliphatic heterocycles. The smallest absolute Gasteiger partial charge is 0.283 e. The predicted molar refractivity (Wildman–Crippen MR) is 172 cm³/mol. The fourth-order valence-corrected chi connectivity index (χ4v) is 6.18. The van der Waals surface area contributed by atoms with Gasteiger partial charge in [0, 0.05) is 5.56 Å². The van der Waals surface area contributed by atoms with Crippen LogP contribution in [0.15, 0.2) is 74.7 Å². The summed E-state index contributed by atoms with van der Waals surface area (Å²) in [6, 6.07) is 17.0. The molecule has 0 unspecified atom stereocenters. The molecule has 11 heteroatoms. The van der Waals surface area contributed by atoms with Gasteiger partial charge < -0.3 is 14.2 Å². The Morgan fingerprint density at radius 2 is 1.86 bits per heavy atom. The summed E-state index contributed by atoms with van der Waals surface area (Å²) < 4.78 is 18.5. The van der Waals surface area contributed by atoms with E-state index >= 15 is 0 Å². The third kappa shape index (κ3) is 6.56. The van der Waals surface area contributed by atoms with E-state index in [1.54, 1.807) is 24.3 Å². The number of amides is 1. The summed E-state index contributed by atoms with van der Waals surface area (Å²) in [4.78, 5) is 17.2. The summed E-state index contributed by atoms with van der Waals surface area (Å²) >= 11 is 11.1. The zero-order valence-corrected chi connectivity index (χ0v) is 26.4. The number of nitrogens with one attached hydrogen (secondary N) is 1. The van der Waals surface area contributed by atoms with Crippen LogP contribution in [-0.2, 0) is 11.2 Å². The van der Waals surface area contributed by atoms with Crippen LogP contribution in [-0.4, -0.2) is 46.8 Å². The highest BCUT2D eigenvalue weighted by Crippen LogP contribution is 2.38. The van der Waals surface area contributed by atoms with Crippen molar-refractivity contribution >= 4 is 67.3 Å². The van der Waals surface area contributed by atoms with Crippen LogP contribution in [0.2, 0.25) is 5.02 Å². The van der Waals surface area contributed by atoms with Crippen LogP contribution >= 0.6 is 39.3 Å². The Morgan fingerprint density at radius 1 is 1.07 bits per heavy atom. The van der Waals surface area contributed by atoms with Crippen molar-refractivity contribution in [2.45, 2.75) is 27.2 Å². The molecule has 0 atom stereocenters. The maximum Gasteiger partial charge on any atom is 0.283 e. The minimum absolute atomic E-state index is 0.0755. The average molecular weight is 668 g/mol. The lowest BCUT2D eigenvalue weighted by molar-refractivity contribution is -0.114. The number of carbonyl (C=O) groups is 1. The molecule has 1 amide bonds. The van der Waals surface area contributed by atoms with Gasteiger partial charge in [0.15, 0.2) is 17.3 Å². The molecule has 0 fully saturated rings. The van der Waals surface area contributed by atoms with Crippen molar-refractivity contribution in [1.29, 1.82) is 5.41 Å². The fourth-order valence-electron chi connectivity index (χ4n) is 4.39.